The van der Waals surface area contributed by atoms with Crippen molar-refractivity contribution in [2.75, 3.05) is 25.0 Å². The Hall–Kier alpha value is -3.49. The zero-order valence-electron chi connectivity index (χ0n) is 20.4. The monoisotopic (exact) mass is 524 g/mol. The molecule has 192 valence electrons. The first-order valence-corrected chi connectivity index (χ1v) is 12.7. The molecule has 9 heteroatoms. The molecule has 1 amide bonds. The Labute approximate surface area is 219 Å². The number of fused-ring (bicyclic) bond motifs is 1. The maximum absolute atomic E-state index is 14.4. The highest BCUT2D eigenvalue weighted by atomic mass is 35.5. The van der Waals surface area contributed by atoms with Crippen LogP contribution in [0.3, 0.4) is 0 Å². The fraction of sp³-hybridized carbons (Fsp3) is 0.321. The summed E-state index contributed by atoms with van der Waals surface area (Å²) in [6, 6.07) is 13.8. The number of carbonyl (C=O) groups excluding carboxylic acids is 1. The molecule has 0 radical (unpaired) electrons. The molecule has 0 spiro atoms. The van der Waals surface area contributed by atoms with Gasteiger partial charge in [0, 0.05) is 44.1 Å². The Bertz CT molecular complexity index is 1340. The lowest BCUT2D eigenvalue weighted by Gasteiger charge is -2.47. The molecule has 5 rings (SSSR count). The zero-order chi connectivity index (χ0) is 26.2. The van der Waals surface area contributed by atoms with Gasteiger partial charge in [0.05, 0.1) is 35.6 Å². The van der Waals surface area contributed by atoms with Crippen molar-refractivity contribution in [2.24, 2.45) is 0 Å². The summed E-state index contributed by atoms with van der Waals surface area (Å²) in [4.78, 5) is 31.3. The Kier molecular flexibility index (Phi) is 6.88. The van der Waals surface area contributed by atoms with Gasteiger partial charge in [-0.1, -0.05) is 29.8 Å². The molecular formula is C28H28ClFN3O4+. The number of quaternary nitrogens is 1. The number of aryl methyl sites for hydroxylation is 1. The number of pyridine rings is 1. The Balaban J connectivity index is 1.52. The van der Waals surface area contributed by atoms with Crippen molar-refractivity contribution in [2.45, 2.75) is 37.8 Å². The summed E-state index contributed by atoms with van der Waals surface area (Å²) in [5.41, 5.74) is 2.97. The predicted molar refractivity (Wildman–Crippen MR) is 138 cm³/mol. The summed E-state index contributed by atoms with van der Waals surface area (Å²) >= 11 is 6.50. The number of nitrogens with zero attached hydrogens (tertiary/aromatic N) is 3. The lowest BCUT2D eigenvalue weighted by molar-refractivity contribution is -0.887. The second-order valence-corrected chi connectivity index (χ2v) is 10.2. The lowest BCUT2D eigenvalue weighted by Crippen LogP contribution is -2.60. The number of carbonyl (C=O) groups is 2. The molecule has 2 atom stereocenters. The normalized spacial score (nSPS) is 19.2. The summed E-state index contributed by atoms with van der Waals surface area (Å²) in [5.74, 6) is -0.208. The molecule has 0 bridgehead atoms. The predicted octanol–water partition coefficient (Wildman–Crippen LogP) is 5.87. The number of piperidine rings is 1. The average molecular weight is 525 g/mol. The van der Waals surface area contributed by atoms with Crippen molar-refractivity contribution < 1.29 is 28.3 Å². The lowest BCUT2D eigenvalue weighted by atomic mass is 9.93. The Morgan fingerprint density at radius 3 is 2.59 bits per heavy atom. The van der Waals surface area contributed by atoms with E-state index in [1.54, 1.807) is 48.7 Å². The van der Waals surface area contributed by atoms with E-state index < -0.39 is 6.16 Å². The van der Waals surface area contributed by atoms with Crippen LogP contribution in [0.2, 0.25) is 5.02 Å². The van der Waals surface area contributed by atoms with Crippen molar-refractivity contribution in [3.05, 3.63) is 88.5 Å². The molecule has 1 saturated heterocycles. The maximum Gasteiger partial charge on any atom is 0.511 e. The van der Waals surface area contributed by atoms with E-state index in [0.29, 0.717) is 42.2 Å². The molecule has 7 nitrogen and oxygen atoms in total. The van der Waals surface area contributed by atoms with Crippen molar-refractivity contribution in [1.29, 1.82) is 0 Å². The molecule has 3 aromatic rings. The largest absolute Gasteiger partial charge is 0.511 e. The molecule has 2 heterocycles. The maximum atomic E-state index is 14.4. The highest BCUT2D eigenvalue weighted by Gasteiger charge is 2.51. The summed E-state index contributed by atoms with van der Waals surface area (Å²) in [6.45, 7) is 1.19. The topological polar surface area (TPSA) is 79.7 Å². The van der Waals surface area contributed by atoms with Crippen LogP contribution in [0.4, 0.5) is 14.9 Å². The number of hydrogen-bond donors (Lipinski definition) is 1. The third kappa shape index (κ3) is 4.67. The number of rotatable bonds is 5. The summed E-state index contributed by atoms with van der Waals surface area (Å²) < 4.78 is 19.4. The number of carboxylic acid groups (broad SMARTS) is 1. The highest BCUT2D eigenvalue weighted by Crippen LogP contribution is 2.46. The van der Waals surface area contributed by atoms with Crippen molar-refractivity contribution in [1.82, 2.24) is 4.98 Å². The van der Waals surface area contributed by atoms with E-state index >= 15 is 0 Å². The average Bonchev–Trinajstić information content (AvgIpc) is 3.32. The molecule has 1 aliphatic heterocycles. The van der Waals surface area contributed by atoms with Crippen molar-refractivity contribution in [3.8, 4) is 5.75 Å². The van der Waals surface area contributed by atoms with Gasteiger partial charge in [-0.05, 0) is 42.3 Å². The van der Waals surface area contributed by atoms with Gasteiger partial charge in [-0.3, -0.25) is 4.98 Å². The van der Waals surface area contributed by atoms with Gasteiger partial charge < -0.3 is 14.7 Å². The fourth-order valence-corrected chi connectivity index (χ4v) is 6.22. The number of amides is 1. The quantitative estimate of drug-likeness (QED) is 0.255. The summed E-state index contributed by atoms with van der Waals surface area (Å²) in [7, 11) is 1.96. The molecule has 37 heavy (non-hydrogen) atoms. The van der Waals surface area contributed by atoms with E-state index in [4.69, 9.17) is 21.4 Å². The van der Waals surface area contributed by atoms with E-state index in [0.717, 1.165) is 24.0 Å². The second-order valence-electron chi connectivity index (χ2n) is 9.76. The highest BCUT2D eigenvalue weighted by molar-refractivity contribution is 6.33. The first-order chi connectivity index (χ1) is 17.8. The van der Waals surface area contributed by atoms with E-state index in [9.17, 15) is 14.0 Å². The van der Waals surface area contributed by atoms with Gasteiger partial charge in [-0.15, -0.1) is 0 Å². The molecule has 1 aromatic heterocycles. The number of benzene rings is 2. The van der Waals surface area contributed by atoms with Crippen LogP contribution in [0.5, 0.6) is 5.75 Å². The van der Waals surface area contributed by atoms with Crippen LogP contribution in [-0.4, -0.2) is 52.8 Å². The number of aromatic nitrogens is 1. The molecular weight excluding hydrogens is 497 g/mol. The SMILES string of the molecule is C[N+](C(=O)c1ccccc1Cl)(C1CCN(c2ccncc2F)CC1)[C@@H]1CCc2ccc(OC(=O)O)cc21. The number of ether oxygens (including phenoxy) is 1. The fourth-order valence-electron chi connectivity index (χ4n) is 6.00. The molecule has 1 unspecified atom stereocenters. The minimum atomic E-state index is -1.38. The first kappa shape index (κ1) is 25.2. The van der Waals surface area contributed by atoms with Gasteiger partial charge in [0.15, 0.2) is 5.82 Å². The van der Waals surface area contributed by atoms with Crippen LogP contribution in [0.15, 0.2) is 60.9 Å². The van der Waals surface area contributed by atoms with Crippen LogP contribution >= 0.6 is 11.6 Å². The third-order valence-electron chi connectivity index (χ3n) is 7.87. The summed E-state index contributed by atoms with van der Waals surface area (Å²) in [5, 5.41) is 9.52. The molecule has 1 N–H and O–H groups in total. The number of anilines is 1. The second kappa shape index (κ2) is 10.1. The number of halogens is 2. The standard InChI is InChI=1S/C28H27ClFN3O4/c1-33(27(34)21-4-2-3-5-23(21)29,19-11-14-32(15-12-19)25-10-13-31-17-24(25)30)26-9-7-18-6-8-20(16-22(18)26)37-28(35)36/h2-6,8,10,13,16-17,19,26H,7,9,11-12,14-15H2,1H3/p+1/t26-,33?/m1/s1. The minimum Gasteiger partial charge on any atom is -0.449 e. The van der Waals surface area contributed by atoms with Crippen LogP contribution in [0, 0.1) is 5.82 Å². The van der Waals surface area contributed by atoms with Gasteiger partial charge >= 0.3 is 12.1 Å². The Morgan fingerprint density at radius 1 is 1.14 bits per heavy atom. The molecule has 1 aliphatic carbocycles. The van der Waals surface area contributed by atoms with Gasteiger partial charge in [0.25, 0.3) is 0 Å². The van der Waals surface area contributed by atoms with Crippen molar-refractivity contribution >= 4 is 29.4 Å². The minimum absolute atomic E-state index is 0.0510. The smallest absolute Gasteiger partial charge is 0.449 e. The van der Waals surface area contributed by atoms with E-state index in [1.165, 1.54) is 6.20 Å². The van der Waals surface area contributed by atoms with Gasteiger partial charge in [0.1, 0.15) is 11.8 Å². The number of hydrogen-bond acceptors (Lipinski definition) is 5. The van der Waals surface area contributed by atoms with Gasteiger partial charge in [-0.2, -0.15) is 0 Å². The molecule has 2 aromatic carbocycles. The van der Waals surface area contributed by atoms with Crippen LogP contribution in [0.1, 0.15) is 46.8 Å². The third-order valence-corrected chi connectivity index (χ3v) is 8.20. The van der Waals surface area contributed by atoms with Crippen LogP contribution in [-0.2, 0) is 6.42 Å². The van der Waals surface area contributed by atoms with Gasteiger partial charge in [0.2, 0.25) is 0 Å². The summed E-state index contributed by atoms with van der Waals surface area (Å²) in [6.07, 6.45) is 4.27. The van der Waals surface area contributed by atoms with Gasteiger partial charge in [-0.25, -0.2) is 18.5 Å². The van der Waals surface area contributed by atoms with E-state index in [2.05, 4.69) is 4.98 Å². The van der Waals surface area contributed by atoms with E-state index in [-0.39, 0.29) is 34.0 Å². The van der Waals surface area contributed by atoms with Crippen LogP contribution in [0.25, 0.3) is 0 Å². The molecule has 2 aliphatic rings. The Morgan fingerprint density at radius 2 is 1.89 bits per heavy atom. The first-order valence-electron chi connectivity index (χ1n) is 12.3. The van der Waals surface area contributed by atoms with Crippen LogP contribution < -0.4 is 9.64 Å². The van der Waals surface area contributed by atoms with E-state index in [1.807, 2.05) is 18.0 Å². The zero-order valence-corrected chi connectivity index (χ0v) is 21.2. The molecule has 0 saturated carbocycles. The van der Waals surface area contributed by atoms with Crippen molar-refractivity contribution in [3.63, 3.8) is 0 Å². The molecule has 1 fully saturated rings.